The maximum atomic E-state index is 6.29. The molecule has 0 saturated heterocycles. The number of hydrogen-bond donors (Lipinski definition) is 1. The number of methoxy groups -OCH3 is 1. The van der Waals surface area contributed by atoms with E-state index >= 15 is 0 Å². The monoisotopic (exact) mass is 356 g/mol. The zero-order chi connectivity index (χ0) is 17.1. The first-order valence-electron chi connectivity index (χ1n) is 9.80. The lowest BCUT2D eigenvalue weighted by atomic mass is 9.60. The third kappa shape index (κ3) is 2.40. The molecule has 2 N–H and O–H groups in total. The van der Waals surface area contributed by atoms with E-state index in [4.69, 9.17) is 15.5 Å². The van der Waals surface area contributed by atoms with Gasteiger partial charge in [-0.1, -0.05) is 30.0 Å². The first-order valence-corrected chi connectivity index (χ1v) is 10.8. The van der Waals surface area contributed by atoms with Crippen molar-refractivity contribution < 1.29 is 4.74 Å². The largest absolute Gasteiger partial charge is 0.381 e. The maximum Gasteiger partial charge on any atom is 0.154 e. The molecule has 1 aromatic carbocycles. The highest BCUT2D eigenvalue weighted by molar-refractivity contribution is 8.13. The van der Waals surface area contributed by atoms with Crippen LogP contribution in [0.25, 0.3) is 0 Å². The van der Waals surface area contributed by atoms with E-state index in [1.807, 2.05) is 7.11 Å². The molecule has 1 heterocycles. The standard InChI is InChI=1S/C21H28N2OS/c1-24-17-6-8-20(9-7-17)13-16-5-4-15(14-2-3-14)12-18(16)21(20)10-11-25-19(22)23-21/h4-5,12,14,17H,2-3,6-11,13H2,1H3,(H2,22,23). The van der Waals surface area contributed by atoms with Crippen molar-refractivity contribution in [2.75, 3.05) is 12.9 Å². The normalized spacial score (nSPS) is 37.3. The van der Waals surface area contributed by atoms with Gasteiger partial charge in [-0.3, -0.25) is 4.99 Å². The van der Waals surface area contributed by atoms with Crippen molar-refractivity contribution in [1.82, 2.24) is 0 Å². The first-order chi connectivity index (χ1) is 12.2. The number of ether oxygens (including phenoxy) is 1. The van der Waals surface area contributed by atoms with Gasteiger partial charge in [-0.05, 0) is 74.0 Å². The number of nitrogens with zero attached hydrogens (tertiary/aromatic N) is 1. The zero-order valence-corrected chi connectivity index (χ0v) is 15.9. The SMILES string of the molecule is COC1CCC2(CC1)Cc1ccc(C3CC3)cc1C21CCSC(N)=N1. The van der Waals surface area contributed by atoms with E-state index in [-0.39, 0.29) is 11.0 Å². The molecule has 2 saturated carbocycles. The molecule has 1 unspecified atom stereocenters. The molecule has 0 aromatic heterocycles. The molecule has 4 heteroatoms. The fourth-order valence-electron chi connectivity index (χ4n) is 5.73. The molecule has 1 atom stereocenters. The van der Waals surface area contributed by atoms with Crippen molar-refractivity contribution in [2.45, 2.75) is 68.9 Å². The Morgan fingerprint density at radius 3 is 2.64 bits per heavy atom. The van der Waals surface area contributed by atoms with Gasteiger partial charge in [-0.2, -0.15) is 0 Å². The van der Waals surface area contributed by atoms with Gasteiger partial charge < -0.3 is 10.5 Å². The van der Waals surface area contributed by atoms with Crippen molar-refractivity contribution in [3.63, 3.8) is 0 Å². The molecule has 1 aromatic rings. The van der Waals surface area contributed by atoms with Crippen LogP contribution in [0.1, 0.15) is 67.6 Å². The Kier molecular flexibility index (Phi) is 3.72. The summed E-state index contributed by atoms with van der Waals surface area (Å²) in [6.07, 6.45) is 10.2. The van der Waals surface area contributed by atoms with Crippen LogP contribution in [-0.4, -0.2) is 24.1 Å². The minimum Gasteiger partial charge on any atom is -0.381 e. The van der Waals surface area contributed by atoms with Crippen LogP contribution in [0, 0.1) is 5.41 Å². The number of aliphatic imine (C=N–C) groups is 1. The van der Waals surface area contributed by atoms with E-state index in [1.165, 1.54) is 48.8 Å². The van der Waals surface area contributed by atoms with Gasteiger partial charge in [-0.15, -0.1) is 0 Å². The Morgan fingerprint density at radius 1 is 1.16 bits per heavy atom. The van der Waals surface area contributed by atoms with Crippen molar-refractivity contribution in [2.24, 2.45) is 16.1 Å². The van der Waals surface area contributed by atoms with Crippen LogP contribution in [-0.2, 0) is 16.7 Å². The number of thioether (sulfide) groups is 1. The van der Waals surface area contributed by atoms with Gasteiger partial charge >= 0.3 is 0 Å². The number of amidine groups is 1. The Bertz CT molecular complexity index is 719. The van der Waals surface area contributed by atoms with Gasteiger partial charge in [0.05, 0.1) is 11.6 Å². The molecule has 1 aliphatic heterocycles. The predicted octanol–water partition coefficient (Wildman–Crippen LogP) is 4.34. The Labute approximate surface area is 154 Å². The second-order valence-electron chi connectivity index (χ2n) is 8.49. The minimum atomic E-state index is -0.0821. The van der Waals surface area contributed by atoms with Gasteiger partial charge in [0.25, 0.3) is 0 Å². The van der Waals surface area contributed by atoms with Crippen LogP contribution >= 0.6 is 11.8 Å². The minimum absolute atomic E-state index is 0.0821. The molecule has 2 spiro atoms. The molecule has 134 valence electrons. The summed E-state index contributed by atoms with van der Waals surface area (Å²) in [6.45, 7) is 0. The number of hydrogen-bond acceptors (Lipinski definition) is 4. The molecular formula is C21H28N2OS. The highest BCUT2D eigenvalue weighted by Crippen LogP contribution is 2.63. The molecular weight excluding hydrogens is 328 g/mol. The number of rotatable bonds is 2. The van der Waals surface area contributed by atoms with Crippen molar-refractivity contribution in [3.8, 4) is 0 Å². The quantitative estimate of drug-likeness (QED) is 0.857. The highest BCUT2D eigenvalue weighted by atomic mass is 32.2. The summed E-state index contributed by atoms with van der Waals surface area (Å²) < 4.78 is 5.66. The Balaban J connectivity index is 1.62. The molecule has 3 nitrogen and oxygen atoms in total. The Hall–Kier alpha value is -1.00. The average molecular weight is 357 g/mol. The lowest BCUT2D eigenvalue weighted by Crippen LogP contribution is -2.47. The summed E-state index contributed by atoms with van der Waals surface area (Å²) in [5.74, 6) is 1.89. The topological polar surface area (TPSA) is 47.6 Å². The molecule has 0 radical (unpaired) electrons. The summed E-state index contributed by atoms with van der Waals surface area (Å²) >= 11 is 1.73. The van der Waals surface area contributed by atoms with Gasteiger partial charge in [0.2, 0.25) is 0 Å². The lowest BCUT2D eigenvalue weighted by Gasteiger charge is -2.49. The van der Waals surface area contributed by atoms with E-state index in [0.717, 1.165) is 36.1 Å². The van der Waals surface area contributed by atoms with E-state index in [9.17, 15) is 0 Å². The van der Waals surface area contributed by atoms with Gasteiger partial charge in [0.1, 0.15) is 0 Å². The lowest BCUT2D eigenvalue weighted by molar-refractivity contribution is -0.00437. The fraction of sp³-hybridized carbons (Fsp3) is 0.667. The summed E-state index contributed by atoms with van der Waals surface area (Å²) in [4.78, 5) is 5.22. The summed E-state index contributed by atoms with van der Waals surface area (Å²) in [7, 11) is 1.86. The fourth-order valence-corrected chi connectivity index (χ4v) is 6.56. The van der Waals surface area contributed by atoms with Crippen molar-refractivity contribution >= 4 is 16.9 Å². The molecule has 3 aliphatic carbocycles. The summed E-state index contributed by atoms with van der Waals surface area (Å²) in [6, 6.07) is 7.31. The maximum absolute atomic E-state index is 6.29. The summed E-state index contributed by atoms with van der Waals surface area (Å²) in [5, 5.41) is 0.796. The number of nitrogens with two attached hydrogens (primary N) is 1. The molecule has 4 aliphatic rings. The Morgan fingerprint density at radius 2 is 1.96 bits per heavy atom. The third-order valence-corrected chi connectivity index (χ3v) is 8.07. The van der Waals surface area contributed by atoms with E-state index in [2.05, 4.69) is 18.2 Å². The smallest absolute Gasteiger partial charge is 0.154 e. The van der Waals surface area contributed by atoms with E-state index in [1.54, 1.807) is 11.8 Å². The van der Waals surface area contributed by atoms with Crippen LogP contribution in [0.3, 0.4) is 0 Å². The van der Waals surface area contributed by atoms with Crippen molar-refractivity contribution in [1.29, 1.82) is 0 Å². The van der Waals surface area contributed by atoms with Crippen LogP contribution < -0.4 is 5.73 Å². The summed E-state index contributed by atoms with van der Waals surface area (Å²) in [5.41, 5.74) is 11.0. The third-order valence-electron chi connectivity index (χ3n) is 7.27. The first kappa shape index (κ1) is 16.2. The average Bonchev–Trinajstić information content (AvgIpc) is 3.44. The molecule has 25 heavy (non-hydrogen) atoms. The second kappa shape index (κ2) is 5.75. The predicted molar refractivity (Wildman–Crippen MR) is 104 cm³/mol. The van der Waals surface area contributed by atoms with Crippen LogP contribution in [0.2, 0.25) is 0 Å². The number of fused-ring (bicyclic) bond motifs is 3. The van der Waals surface area contributed by atoms with E-state index < -0.39 is 0 Å². The van der Waals surface area contributed by atoms with Gasteiger partial charge in [0.15, 0.2) is 5.17 Å². The van der Waals surface area contributed by atoms with Crippen molar-refractivity contribution in [3.05, 3.63) is 34.9 Å². The van der Waals surface area contributed by atoms with Crippen LogP contribution in [0.15, 0.2) is 23.2 Å². The van der Waals surface area contributed by atoms with Crippen LogP contribution in [0.5, 0.6) is 0 Å². The molecule has 0 amide bonds. The number of benzene rings is 1. The van der Waals surface area contributed by atoms with E-state index in [0.29, 0.717) is 6.10 Å². The van der Waals surface area contributed by atoms with Gasteiger partial charge in [0, 0.05) is 18.3 Å². The second-order valence-corrected chi connectivity index (χ2v) is 9.61. The highest BCUT2D eigenvalue weighted by Gasteiger charge is 2.59. The molecule has 5 rings (SSSR count). The van der Waals surface area contributed by atoms with Crippen LogP contribution in [0.4, 0.5) is 0 Å². The van der Waals surface area contributed by atoms with Gasteiger partial charge in [-0.25, -0.2) is 0 Å². The molecule has 0 bridgehead atoms. The molecule has 2 fully saturated rings. The zero-order valence-electron chi connectivity index (χ0n) is 15.1.